The van der Waals surface area contributed by atoms with E-state index in [4.69, 9.17) is 4.98 Å². The van der Waals surface area contributed by atoms with E-state index < -0.39 is 0 Å². The Morgan fingerprint density at radius 1 is 1.12 bits per heavy atom. The highest BCUT2D eigenvalue weighted by molar-refractivity contribution is 7.99. The SMILES string of the molecule is CCCCSC1NC(c2ccccc2)=Cn2c(-c3ccc(C(=O)NC4CC4)cc3)cnc21. The van der Waals surface area contributed by atoms with Crippen LogP contribution in [0.1, 0.15) is 59.7 Å². The molecule has 5 rings (SSSR count). The largest absolute Gasteiger partial charge is 0.365 e. The van der Waals surface area contributed by atoms with Crippen molar-refractivity contribution in [3.05, 3.63) is 77.7 Å². The Kier molecular flexibility index (Phi) is 6.04. The molecule has 0 saturated heterocycles. The van der Waals surface area contributed by atoms with Gasteiger partial charge in [0, 0.05) is 23.4 Å². The average Bonchev–Trinajstić information content (AvgIpc) is 3.54. The first kappa shape index (κ1) is 20.9. The summed E-state index contributed by atoms with van der Waals surface area (Å²) in [6.45, 7) is 2.22. The summed E-state index contributed by atoms with van der Waals surface area (Å²) in [5.41, 5.74) is 5.03. The van der Waals surface area contributed by atoms with Crippen LogP contribution in [0.2, 0.25) is 0 Å². The summed E-state index contributed by atoms with van der Waals surface area (Å²) in [5.74, 6) is 2.11. The summed E-state index contributed by atoms with van der Waals surface area (Å²) >= 11 is 1.90. The number of rotatable bonds is 8. The smallest absolute Gasteiger partial charge is 0.251 e. The van der Waals surface area contributed by atoms with Crippen molar-refractivity contribution < 1.29 is 4.79 Å². The van der Waals surface area contributed by atoms with Gasteiger partial charge in [-0.15, -0.1) is 11.8 Å². The van der Waals surface area contributed by atoms with Crippen LogP contribution < -0.4 is 10.6 Å². The highest BCUT2D eigenvalue weighted by Gasteiger charge is 2.26. The average molecular weight is 445 g/mol. The lowest BCUT2D eigenvalue weighted by Crippen LogP contribution is -2.25. The topological polar surface area (TPSA) is 59.0 Å². The van der Waals surface area contributed by atoms with E-state index in [2.05, 4.69) is 52.6 Å². The number of fused-ring (bicyclic) bond motifs is 1. The second-order valence-corrected chi connectivity index (χ2v) is 9.57. The maximum atomic E-state index is 12.3. The van der Waals surface area contributed by atoms with Gasteiger partial charge in [-0.05, 0) is 42.7 Å². The summed E-state index contributed by atoms with van der Waals surface area (Å²) in [7, 11) is 0. The fraction of sp³-hybridized carbons (Fsp3) is 0.308. The monoisotopic (exact) mass is 444 g/mol. The highest BCUT2D eigenvalue weighted by atomic mass is 32.2. The van der Waals surface area contributed by atoms with Crippen LogP contribution in [-0.4, -0.2) is 27.3 Å². The van der Waals surface area contributed by atoms with Crippen molar-refractivity contribution in [1.82, 2.24) is 20.2 Å². The quantitative estimate of drug-likeness (QED) is 0.448. The van der Waals surface area contributed by atoms with Crippen LogP contribution in [0.5, 0.6) is 0 Å². The Morgan fingerprint density at radius 3 is 2.62 bits per heavy atom. The van der Waals surface area contributed by atoms with Gasteiger partial charge in [0.15, 0.2) is 0 Å². The van der Waals surface area contributed by atoms with E-state index in [9.17, 15) is 4.79 Å². The Hall–Kier alpha value is -2.99. The number of unbranched alkanes of at least 4 members (excludes halogenated alkanes) is 1. The number of hydrogen-bond donors (Lipinski definition) is 2. The first-order chi connectivity index (χ1) is 15.7. The molecule has 2 heterocycles. The van der Waals surface area contributed by atoms with Crippen LogP contribution in [0, 0.1) is 0 Å². The van der Waals surface area contributed by atoms with Gasteiger partial charge in [-0.3, -0.25) is 9.36 Å². The molecule has 1 aliphatic carbocycles. The molecular weight excluding hydrogens is 416 g/mol. The summed E-state index contributed by atoms with van der Waals surface area (Å²) in [5, 5.41) is 6.83. The third kappa shape index (κ3) is 4.46. The highest BCUT2D eigenvalue weighted by Crippen LogP contribution is 2.36. The molecule has 2 aliphatic rings. The number of thioether (sulfide) groups is 1. The molecule has 164 valence electrons. The number of imidazole rings is 1. The van der Waals surface area contributed by atoms with Crippen LogP contribution in [-0.2, 0) is 0 Å². The standard InChI is InChI=1S/C26H28N4OS/c1-2-3-15-32-26-24-27-16-23(30(24)17-22(29-26)18-7-5-4-6-8-18)19-9-11-20(12-10-19)25(31)28-21-13-14-21/h4-12,16-17,21,26,29H,2-3,13-15H2,1H3,(H,28,31). The van der Waals surface area contributed by atoms with E-state index >= 15 is 0 Å². The van der Waals surface area contributed by atoms with E-state index in [1.807, 2.05) is 48.3 Å². The number of carbonyl (C=O) groups is 1. The number of benzene rings is 2. The Bertz CT molecular complexity index is 1120. The Balaban J connectivity index is 1.46. The van der Waals surface area contributed by atoms with Gasteiger partial charge in [0.2, 0.25) is 0 Å². The van der Waals surface area contributed by atoms with Gasteiger partial charge in [0.1, 0.15) is 11.2 Å². The van der Waals surface area contributed by atoms with Crippen molar-refractivity contribution in [1.29, 1.82) is 0 Å². The van der Waals surface area contributed by atoms with Gasteiger partial charge >= 0.3 is 0 Å². The third-order valence-corrected chi connectivity index (χ3v) is 7.01. The molecule has 1 aliphatic heterocycles. The van der Waals surface area contributed by atoms with Crippen molar-refractivity contribution in [2.45, 2.75) is 44.0 Å². The minimum Gasteiger partial charge on any atom is -0.365 e. The van der Waals surface area contributed by atoms with Crippen molar-refractivity contribution in [2.75, 3.05) is 5.75 Å². The molecule has 1 atom stereocenters. The van der Waals surface area contributed by atoms with Gasteiger partial charge < -0.3 is 10.6 Å². The Morgan fingerprint density at radius 2 is 1.91 bits per heavy atom. The first-order valence-corrected chi connectivity index (χ1v) is 12.4. The molecule has 3 aromatic rings. The summed E-state index contributed by atoms with van der Waals surface area (Å²) < 4.78 is 2.20. The van der Waals surface area contributed by atoms with Crippen LogP contribution in [0.4, 0.5) is 0 Å². The van der Waals surface area contributed by atoms with Gasteiger partial charge in [0.25, 0.3) is 5.91 Å². The molecule has 0 radical (unpaired) electrons. The molecule has 0 bridgehead atoms. The molecule has 5 nitrogen and oxygen atoms in total. The van der Waals surface area contributed by atoms with Crippen LogP contribution >= 0.6 is 11.8 Å². The lowest BCUT2D eigenvalue weighted by Gasteiger charge is -2.27. The third-order valence-electron chi connectivity index (χ3n) is 5.83. The normalized spacial score (nSPS) is 17.3. The van der Waals surface area contributed by atoms with Crippen LogP contribution in [0.3, 0.4) is 0 Å². The molecule has 1 saturated carbocycles. The predicted octanol–water partition coefficient (Wildman–Crippen LogP) is 5.53. The van der Waals surface area contributed by atoms with Gasteiger partial charge in [-0.1, -0.05) is 55.8 Å². The number of carbonyl (C=O) groups excluding carboxylic acids is 1. The molecule has 2 N–H and O–H groups in total. The molecule has 32 heavy (non-hydrogen) atoms. The number of hydrogen-bond acceptors (Lipinski definition) is 4. The molecule has 6 heteroatoms. The van der Waals surface area contributed by atoms with E-state index in [0.717, 1.165) is 46.9 Å². The summed E-state index contributed by atoms with van der Waals surface area (Å²) in [6, 6.07) is 18.6. The molecule has 0 spiro atoms. The predicted molar refractivity (Wildman–Crippen MR) is 132 cm³/mol. The van der Waals surface area contributed by atoms with Gasteiger partial charge in [-0.2, -0.15) is 0 Å². The number of amides is 1. The zero-order valence-corrected chi connectivity index (χ0v) is 19.1. The lowest BCUT2D eigenvalue weighted by molar-refractivity contribution is 0.0951. The molecular formula is C26H28N4OS. The van der Waals surface area contributed by atoms with Gasteiger partial charge in [0.05, 0.1) is 17.6 Å². The molecule has 1 aromatic heterocycles. The van der Waals surface area contributed by atoms with E-state index in [1.54, 1.807) is 0 Å². The summed E-state index contributed by atoms with van der Waals surface area (Å²) in [4.78, 5) is 17.1. The lowest BCUT2D eigenvalue weighted by atomic mass is 10.1. The molecule has 1 amide bonds. The summed E-state index contributed by atoms with van der Waals surface area (Å²) in [6.07, 6.45) is 8.62. The van der Waals surface area contributed by atoms with Crippen LogP contribution in [0.15, 0.2) is 60.8 Å². The van der Waals surface area contributed by atoms with Crippen molar-refractivity contribution in [3.63, 3.8) is 0 Å². The van der Waals surface area contributed by atoms with E-state index in [1.165, 1.54) is 12.8 Å². The van der Waals surface area contributed by atoms with E-state index in [0.29, 0.717) is 11.6 Å². The molecule has 1 unspecified atom stereocenters. The minimum atomic E-state index is 0.0113. The minimum absolute atomic E-state index is 0.0113. The van der Waals surface area contributed by atoms with E-state index in [-0.39, 0.29) is 11.3 Å². The second kappa shape index (κ2) is 9.25. The van der Waals surface area contributed by atoms with Crippen LogP contribution in [0.25, 0.3) is 23.2 Å². The Labute approximate surface area is 193 Å². The number of aromatic nitrogens is 2. The number of nitrogens with one attached hydrogen (secondary N) is 2. The van der Waals surface area contributed by atoms with Crippen molar-refractivity contribution in [2.24, 2.45) is 0 Å². The maximum absolute atomic E-state index is 12.3. The zero-order chi connectivity index (χ0) is 21.9. The second-order valence-electron chi connectivity index (χ2n) is 8.35. The fourth-order valence-electron chi connectivity index (χ4n) is 3.82. The maximum Gasteiger partial charge on any atom is 0.251 e. The van der Waals surface area contributed by atoms with Gasteiger partial charge in [-0.25, -0.2) is 4.98 Å². The zero-order valence-electron chi connectivity index (χ0n) is 18.3. The fourth-order valence-corrected chi connectivity index (χ4v) is 5.04. The molecule has 1 fully saturated rings. The molecule has 2 aromatic carbocycles. The number of nitrogens with zero attached hydrogens (tertiary/aromatic N) is 2. The van der Waals surface area contributed by atoms with Crippen molar-refractivity contribution >= 4 is 29.6 Å². The first-order valence-electron chi connectivity index (χ1n) is 11.4. The van der Waals surface area contributed by atoms with Crippen molar-refractivity contribution in [3.8, 4) is 11.3 Å².